The molecule has 1 aromatic rings. The number of aryl methyl sites for hydroxylation is 1. The molecule has 0 fully saturated rings. The lowest BCUT2D eigenvalue weighted by Crippen LogP contribution is -2.28. The lowest BCUT2D eigenvalue weighted by atomic mass is 9.90. The number of carbonyl (C=O) groups is 1. The molecule has 0 aliphatic heterocycles. The van der Waals surface area contributed by atoms with Gasteiger partial charge in [0.05, 0.1) is 0 Å². The van der Waals surface area contributed by atoms with E-state index in [-0.39, 0.29) is 5.97 Å². The molecule has 0 saturated carbocycles. The van der Waals surface area contributed by atoms with Crippen LogP contribution in [0.2, 0.25) is 0 Å². The fourth-order valence-corrected chi connectivity index (χ4v) is 2.00. The largest absolute Gasteiger partial charge is 0.459 e. The standard InChI is InChI=1S/C19H24O2.CH5N/c1-7-9-15(8-2)17(18(20)21-19(4,5)6)16-12-10-14(3)11-13-16;1-2/h7-13,17H,1-2H2,3-6H3;2H2,1H3/b15-9+;. The van der Waals surface area contributed by atoms with Crippen molar-refractivity contribution in [2.24, 2.45) is 5.73 Å². The number of hydrogen-bond donors (Lipinski definition) is 1. The number of esters is 1. The molecule has 23 heavy (non-hydrogen) atoms. The van der Waals surface area contributed by atoms with Crippen LogP contribution in [0.4, 0.5) is 0 Å². The van der Waals surface area contributed by atoms with Crippen molar-refractivity contribution in [3.63, 3.8) is 0 Å². The Balaban J connectivity index is 0.00000232. The summed E-state index contributed by atoms with van der Waals surface area (Å²) in [6.07, 6.45) is 5.13. The predicted molar refractivity (Wildman–Crippen MR) is 98.4 cm³/mol. The number of allylic oxidation sites excluding steroid dienone is 3. The first-order valence-corrected chi connectivity index (χ1v) is 7.60. The van der Waals surface area contributed by atoms with Gasteiger partial charge >= 0.3 is 5.97 Å². The van der Waals surface area contributed by atoms with E-state index in [9.17, 15) is 4.79 Å². The molecule has 3 nitrogen and oxygen atoms in total. The normalized spacial score (nSPS) is 12.5. The monoisotopic (exact) mass is 315 g/mol. The van der Waals surface area contributed by atoms with Gasteiger partial charge in [0.25, 0.3) is 0 Å². The van der Waals surface area contributed by atoms with E-state index in [1.54, 1.807) is 18.2 Å². The summed E-state index contributed by atoms with van der Waals surface area (Å²) in [6.45, 7) is 15.1. The Bertz CT molecular complexity index is 548. The van der Waals surface area contributed by atoms with Gasteiger partial charge in [-0.3, -0.25) is 4.79 Å². The SMILES string of the molecule is C=C/C=C(\C=C)C(C(=O)OC(C)(C)C)c1ccc(C)cc1.CN. The zero-order valence-corrected chi connectivity index (χ0v) is 14.9. The van der Waals surface area contributed by atoms with E-state index in [0.29, 0.717) is 0 Å². The number of benzene rings is 1. The summed E-state index contributed by atoms with van der Waals surface area (Å²) >= 11 is 0. The molecule has 1 atom stereocenters. The summed E-state index contributed by atoms with van der Waals surface area (Å²) in [5.41, 5.74) is 6.79. The average Bonchev–Trinajstić information content (AvgIpc) is 2.49. The van der Waals surface area contributed by atoms with E-state index in [4.69, 9.17) is 4.74 Å². The van der Waals surface area contributed by atoms with Crippen LogP contribution in [0.15, 0.2) is 61.2 Å². The van der Waals surface area contributed by atoms with Gasteiger partial charge in [-0.15, -0.1) is 0 Å². The summed E-state index contributed by atoms with van der Waals surface area (Å²) in [7, 11) is 1.50. The smallest absolute Gasteiger partial charge is 0.318 e. The van der Waals surface area contributed by atoms with E-state index in [1.807, 2.05) is 52.0 Å². The zero-order chi connectivity index (χ0) is 18.0. The molecule has 3 heteroatoms. The van der Waals surface area contributed by atoms with Gasteiger partial charge in [-0.2, -0.15) is 0 Å². The molecule has 1 unspecified atom stereocenters. The van der Waals surface area contributed by atoms with Crippen LogP contribution < -0.4 is 5.73 Å². The van der Waals surface area contributed by atoms with Crippen LogP contribution in [0, 0.1) is 6.92 Å². The molecule has 0 spiro atoms. The van der Waals surface area contributed by atoms with Crippen molar-refractivity contribution in [3.8, 4) is 0 Å². The van der Waals surface area contributed by atoms with Gasteiger partial charge in [-0.1, -0.05) is 61.2 Å². The fraction of sp³-hybridized carbons (Fsp3) is 0.350. The molecule has 1 rings (SSSR count). The molecule has 0 heterocycles. The Labute approximate surface area is 140 Å². The third kappa shape index (κ3) is 7.11. The van der Waals surface area contributed by atoms with Crippen molar-refractivity contribution >= 4 is 5.97 Å². The maximum absolute atomic E-state index is 12.6. The van der Waals surface area contributed by atoms with Crippen LogP contribution in [-0.4, -0.2) is 18.6 Å². The van der Waals surface area contributed by atoms with Gasteiger partial charge in [0.15, 0.2) is 0 Å². The maximum atomic E-state index is 12.6. The van der Waals surface area contributed by atoms with E-state index in [0.717, 1.165) is 16.7 Å². The minimum absolute atomic E-state index is 0.278. The molecule has 2 N–H and O–H groups in total. The Morgan fingerprint density at radius 1 is 1.17 bits per heavy atom. The minimum Gasteiger partial charge on any atom is -0.459 e. The highest BCUT2D eigenvalue weighted by molar-refractivity contribution is 5.83. The highest BCUT2D eigenvalue weighted by Gasteiger charge is 2.28. The minimum atomic E-state index is -0.527. The first-order chi connectivity index (χ1) is 10.8. The lowest BCUT2D eigenvalue weighted by Gasteiger charge is -2.25. The summed E-state index contributed by atoms with van der Waals surface area (Å²) in [4.78, 5) is 12.6. The van der Waals surface area contributed by atoms with E-state index in [2.05, 4.69) is 18.9 Å². The zero-order valence-electron chi connectivity index (χ0n) is 14.9. The second kappa shape index (κ2) is 9.80. The summed E-state index contributed by atoms with van der Waals surface area (Å²) in [5, 5.41) is 0. The van der Waals surface area contributed by atoms with Crippen LogP contribution in [0.1, 0.15) is 37.8 Å². The van der Waals surface area contributed by atoms with Crippen molar-refractivity contribution in [1.29, 1.82) is 0 Å². The molecular formula is C20H29NO2. The summed E-state index contributed by atoms with van der Waals surface area (Å²) in [6, 6.07) is 7.87. The van der Waals surface area contributed by atoms with Crippen molar-refractivity contribution in [2.75, 3.05) is 7.05 Å². The Morgan fingerprint density at radius 2 is 1.70 bits per heavy atom. The maximum Gasteiger partial charge on any atom is 0.318 e. The molecular weight excluding hydrogens is 286 g/mol. The highest BCUT2D eigenvalue weighted by atomic mass is 16.6. The predicted octanol–water partition coefficient (Wildman–Crippen LogP) is 4.29. The molecule has 1 aromatic carbocycles. The highest BCUT2D eigenvalue weighted by Crippen LogP contribution is 2.29. The second-order valence-corrected chi connectivity index (χ2v) is 5.98. The van der Waals surface area contributed by atoms with Gasteiger partial charge < -0.3 is 10.5 Å². The number of ether oxygens (including phenoxy) is 1. The van der Waals surface area contributed by atoms with Crippen LogP contribution in [0.5, 0.6) is 0 Å². The van der Waals surface area contributed by atoms with Crippen LogP contribution >= 0.6 is 0 Å². The number of hydrogen-bond acceptors (Lipinski definition) is 3. The third-order valence-corrected chi connectivity index (χ3v) is 2.93. The molecule has 0 radical (unpaired) electrons. The van der Waals surface area contributed by atoms with Crippen molar-refractivity contribution in [1.82, 2.24) is 0 Å². The number of nitrogens with two attached hydrogens (primary N) is 1. The van der Waals surface area contributed by atoms with Gasteiger partial charge in [-0.05, 0) is 45.9 Å². The second-order valence-electron chi connectivity index (χ2n) is 5.98. The van der Waals surface area contributed by atoms with E-state index < -0.39 is 11.5 Å². The Hall–Kier alpha value is -2.13. The molecule has 0 bridgehead atoms. The first kappa shape index (κ1) is 20.9. The van der Waals surface area contributed by atoms with Crippen molar-refractivity contribution < 1.29 is 9.53 Å². The molecule has 0 amide bonds. The first-order valence-electron chi connectivity index (χ1n) is 7.60. The average molecular weight is 315 g/mol. The van der Waals surface area contributed by atoms with E-state index in [1.165, 1.54) is 7.05 Å². The molecule has 0 aliphatic carbocycles. The van der Waals surface area contributed by atoms with Crippen LogP contribution in [0.25, 0.3) is 0 Å². The number of rotatable bonds is 5. The van der Waals surface area contributed by atoms with Gasteiger partial charge in [0.1, 0.15) is 11.5 Å². The molecule has 0 aromatic heterocycles. The van der Waals surface area contributed by atoms with Gasteiger partial charge in [-0.25, -0.2) is 0 Å². The van der Waals surface area contributed by atoms with Gasteiger partial charge in [0, 0.05) is 0 Å². The fourth-order valence-electron chi connectivity index (χ4n) is 2.00. The summed E-state index contributed by atoms with van der Waals surface area (Å²) in [5.74, 6) is -0.764. The molecule has 0 aliphatic rings. The molecule has 0 saturated heterocycles. The Kier molecular flexibility index (Phi) is 8.89. The topological polar surface area (TPSA) is 52.3 Å². The summed E-state index contributed by atoms with van der Waals surface area (Å²) < 4.78 is 5.55. The molecule has 126 valence electrons. The van der Waals surface area contributed by atoms with Crippen molar-refractivity contribution in [2.45, 2.75) is 39.2 Å². The lowest BCUT2D eigenvalue weighted by molar-refractivity contribution is -0.155. The Morgan fingerprint density at radius 3 is 2.09 bits per heavy atom. The van der Waals surface area contributed by atoms with E-state index >= 15 is 0 Å². The van der Waals surface area contributed by atoms with Crippen LogP contribution in [-0.2, 0) is 9.53 Å². The quantitative estimate of drug-likeness (QED) is 0.651. The third-order valence-electron chi connectivity index (χ3n) is 2.93. The van der Waals surface area contributed by atoms with Crippen LogP contribution in [0.3, 0.4) is 0 Å². The van der Waals surface area contributed by atoms with Gasteiger partial charge in [0.2, 0.25) is 0 Å². The number of carbonyl (C=O) groups excluding carboxylic acids is 1. The van der Waals surface area contributed by atoms with Crippen molar-refractivity contribution in [3.05, 3.63) is 72.4 Å².